The quantitative estimate of drug-likeness (QED) is 0.0606. The molecule has 2 atom stereocenters. The van der Waals surface area contributed by atoms with Crippen LogP contribution in [0.4, 0.5) is 0 Å². The highest BCUT2D eigenvalue weighted by atomic mass is 32.2. The van der Waals surface area contributed by atoms with E-state index in [1.807, 2.05) is 6.26 Å². The molecule has 0 aliphatic rings. The molecule has 0 fully saturated rings. The molecule has 7 N–H and O–H groups in total. The van der Waals surface area contributed by atoms with Crippen LogP contribution in [0.5, 0.6) is 0 Å². The molecule has 0 aliphatic heterocycles. The number of carbonyl (C=O) groups is 4. The van der Waals surface area contributed by atoms with E-state index in [1.54, 1.807) is 11.8 Å². The minimum Gasteiger partial charge on any atom is -0.480 e. The zero-order chi connectivity index (χ0) is 22.9. The highest BCUT2D eigenvalue weighted by Crippen LogP contribution is 2.14. The van der Waals surface area contributed by atoms with Crippen molar-refractivity contribution in [1.29, 1.82) is 0 Å². The van der Waals surface area contributed by atoms with Gasteiger partial charge in [0.1, 0.15) is 23.7 Å². The van der Waals surface area contributed by atoms with Crippen LogP contribution in [0, 0.1) is 0 Å². The number of carbonyl (C=O) groups excluding carboxylic acids is 2. The molecule has 0 unspecified atom stereocenters. The summed E-state index contributed by atoms with van der Waals surface area (Å²) < 4.78 is 0. The van der Waals surface area contributed by atoms with Crippen molar-refractivity contribution in [3.8, 4) is 0 Å². The molecule has 13 heteroatoms. The average molecular weight is 467 g/mol. The van der Waals surface area contributed by atoms with Crippen molar-refractivity contribution in [3.05, 3.63) is 0 Å². The minimum atomic E-state index is -1.24. The first-order chi connectivity index (χ1) is 14.2. The van der Waals surface area contributed by atoms with Gasteiger partial charge in [-0.1, -0.05) is 11.6 Å². The Morgan fingerprint density at radius 1 is 1.10 bits per heavy atom. The topological polar surface area (TPSA) is 191 Å². The fourth-order valence-electron chi connectivity index (χ4n) is 2.18. The number of hydrogen-bond acceptors (Lipinski definition) is 9. The molecule has 2 amide bonds. The van der Waals surface area contributed by atoms with Crippen LogP contribution < -0.4 is 16.4 Å². The molecule has 0 saturated heterocycles. The Morgan fingerprint density at radius 3 is 2.37 bits per heavy atom. The van der Waals surface area contributed by atoms with E-state index in [0.29, 0.717) is 11.5 Å². The highest BCUT2D eigenvalue weighted by Gasteiger charge is 2.23. The molecule has 0 radical (unpaired) electrons. The van der Waals surface area contributed by atoms with Crippen molar-refractivity contribution < 1.29 is 34.6 Å². The summed E-state index contributed by atoms with van der Waals surface area (Å²) >= 11 is 2.83. The fraction of sp³-hybridized carbons (Fsp3) is 0.706. The summed E-state index contributed by atoms with van der Waals surface area (Å²) in [6.07, 6.45) is 5.02. The molecule has 172 valence electrons. The number of carboxylic acid groups (broad SMARTS) is 2. The lowest BCUT2D eigenvalue weighted by Crippen LogP contribution is -2.49. The molecule has 0 saturated carbocycles. The van der Waals surface area contributed by atoms with Crippen LogP contribution >= 0.6 is 23.5 Å². The van der Waals surface area contributed by atoms with Gasteiger partial charge in [-0.25, -0.2) is 0 Å². The third-order valence-electron chi connectivity index (χ3n) is 3.83. The van der Waals surface area contributed by atoms with Crippen molar-refractivity contribution in [3.63, 3.8) is 0 Å². The summed E-state index contributed by atoms with van der Waals surface area (Å²) in [7, 11) is 0. The van der Waals surface area contributed by atoms with Gasteiger partial charge in [-0.05, 0) is 37.7 Å². The van der Waals surface area contributed by atoms with E-state index in [-0.39, 0.29) is 18.6 Å². The number of amides is 2. The van der Waals surface area contributed by atoms with Crippen LogP contribution in [-0.4, -0.2) is 80.6 Å². The molecule has 0 aromatic heterocycles. The van der Waals surface area contributed by atoms with Gasteiger partial charge in [-0.2, -0.15) is 11.8 Å². The second kappa shape index (κ2) is 16.8. The number of nitrogens with two attached hydrogens (primary N) is 1. The van der Waals surface area contributed by atoms with Crippen LogP contribution in [0.3, 0.4) is 0 Å². The second-order valence-corrected chi connectivity index (χ2v) is 8.40. The Hall–Kier alpha value is -1.99. The van der Waals surface area contributed by atoms with Crippen molar-refractivity contribution >= 4 is 52.3 Å². The summed E-state index contributed by atoms with van der Waals surface area (Å²) in [5, 5.41) is 34.9. The highest BCUT2D eigenvalue weighted by molar-refractivity contribution is 8.14. The Labute approximate surface area is 183 Å². The molecule has 0 bridgehead atoms. The first-order valence-electron chi connectivity index (χ1n) is 9.31. The number of rotatable bonds is 16. The predicted octanol–water partition coefficient (Wildman–Crippen LogP) is 0.308. The zero-order valence-corrected chi connectivity index (χ0v) is 18.5. The van der Waals surface area contributed by atoms with Crippen molar-refractivity contribution in [1.82, 2.24) is 10.6 Å². The van der Waals surface area contributed by atoms with Gasteiger partial charge in [-0.3, -0.25) is 19.2 Å². The number of aliphatic carboxylic acids is 2. The van der Waals surface area contributed by atoms with Gasteiger partial charge in [0, 0.05) is 12.2 Å². The van der Waals surface area contributed by atoms with E-state index >= 15 is 0 Å². The summed E-state index contributed by atoms with van der Waals surface area (Å²) in [5.41, 5.74) is 5.36. The maximum atomic E-state index is 12.2. The lowest BCUT2D eigenvalue weighted by molar-refractivity contribution is -0.139. The summed E-state index contributed by atoms with van der Waals surface area (Å²) in [4.78, 5) is 45.7. The molecule has 11 nitrogen and oxygen atoms in total. The zero-order valence-electron chi connectivity index (χ0n) is 16.8. The van der Waals surface area contributed by atoms with E-state index in [2.05, 4.69) is 15.8 Å². The predicted molar refractivity (Wildman–Crippen MR) is 116 cm³/mol. The number of carboxylic acids is 2. The summed E-state index contributed by atoms with van der Waals surface area (Å²) in [6.45, 7) is -0.615. The lowest BCUT2D eigenvalue weighted by atomic mass is 10.1. The molecule has 0 rings (SSSR count). The van der Waals surface area contributed by atoms with Gasteiger partial charge < -0.3 is 31.8 Å². The lowest BCUT2D eigenvalue weighted by Gasteiger charge is -2.18. The third kappa shape index (κ3) is 14.1. The van der Waals surface area contributed by atoms with Crippen LogP contribution in [0.15, 0.2) is 5.16 Å². The molecule has 0 aliphatic carbocycles. The molecule has 0 aromatic rings. The standard InChI is InChI=1S/C17H30N4O7S2/c1-29-8-4-2-3-5-14(21-28)30-10-12(16(25)19-9-15(23)24)20-13(22)7-6-11(18)17(26)27/h11-12,28H,2-10,18H2,1H3,(H,19,25)(H,20,22)(H,23,24)(H,26,27)/b21-14+/t11-,12-/m0/s1. The van der Waals surface area contributed by atoms with Gasteiger partial charge in [0.25, 0.3) is 0 Å². The van der Waals surface area contributed by atoms with Gasteiger partial charge in [-0.15, -0.1) is 11.8 Å². The van der Waals surface area contributed by atoms with Crippen LogP contribution in [0.25, 0.3) is 0 Å². The molecular weight excluding hydrogens is 436 g/mol. The number of nitrogens with zero attached hydrogens (tertiary/aromatic N) is 1. The van der Waals surface area contributed by atoms with Crippen LogP contribution in [0.1, 0.15) is 38.5 Å². The van der Waals surface area contributed by atoms with Gasteiger partial charge in [0.15, 0.2) is 0 Å². The van der Waals surface area contributed by atoms with E-state index in [4.69, 9.17) is 21.2 Å². The monoisotopic (exact) mass is 466 g/mol. The number of nitrogens with one attached hydrogen (secondary N) is 2. The first-order valence-corrected chi connectivity index (χ1v) is 11.7. The Bertz CT molecular complexity index is 605. The fourth-order valence-corrected chi connectivity index (χ4v) is 3.61. The van der Waals surface area contributed by atoms with Crippen molar-refractivity contribution in [2.75, 3.05) is 24.3 Å². The molecule has 0 spiro atoms. The second-order valence-electron chi connectivity index (χ2n) is 6.32. The average Bonchev–Trinajstić information content (AvgIpc) is 2.70. The smallest absolute Gasteiger partial charge is 0.322 e. The third-order valence-corrected chi connectivity index (χ3v) is 5.65. The number of thioether (sulfide) groups is 2. The van der Waals surface area contributed by atoms with E-state index < -0.39 is 42.4 Å². The van der Waals surface area contributed by atoms with Crippen LogP contribution in [-0.2, 0) is 19.2 Å². The molecule has 30 heavy (non-hydrogen) atoms. The Morgan fingerprint density at radius 2 is 1.80 bits per heavy atom. The number of oxime groups is 1. The largest absolute Gasteiger partial charge is 0.480 e. The van der Waals surface area contributed by atoms with Crippen LogP contribution in [0.2, 0.25) is 0 Å². The first kappa shape index (κ1) is 28.0. The van der Waals surface area contributed by atoms with Gasteiger partial charge >= 0.3 is 11.9 Å². The maximum Gasteiger partial charge on any atom is 0.322 e. The molecule has 0 aromatic carbocycles. The Balaban J connectivity index is 4.75. The molecule has 0 heterocycles. The van der Waals surface area contributed by atoms with Crippen molar-refractivity contribution in [2.24, 2.45) is 10.9 Å². The van der Waals surface area contributed by atoms with E-state index in [1.165, 1.54) is 0 Å². The summed E-state index contributed by atoms with van der Waals surface area (Å²) in [5.74, 6) is -2.72. The molecular formula is C17H30N4O7S2. The number of hydrogen-bond donors (Lipinski definition) is 6. The Kier molecular flexibility index (Phi) is 15.7. The number of unbranched alkanes of at least 4 members (excludes halogenated alkanes) is 2. The van der Waals surface area contributed by atoms with Gasteiger partial charge in [0.05, 0.1) is 0 Å². The van der Waals surface area contributed by atoms with E-state index in [0.717, 1.165) is 36.8 Å². The van der Waals surface area contributed by atoms with Gasteiger partial charge in [0.2, 0.25) is 11.8 Å². The summed E-state index contributed by atoms with van der Waals surface area (Å²) in [6, 6.07) is -2.29. The normalized spacial score (nSPS) is 13.3. The van der Waals surface area contributed by atoms with Crippen molar-refractivity contribution in [2.45, 2.75) is 50.6 Å². The van der Waals surface area contributed by atoms with E-state index in [9.17, 15) is 19.2 Å². The maximum absolute atomic E-state index is 12.2. The SMILES string of the molecule is CSCCCCC/C(=N\O)SC[C@H](NC(=O)CC[C@H](N)C(=O)O)C(=O)NCC(=O)O. The minimum absolute atomic E-state index is 0.0202.